The maximum absolute atomic E-state index is 12.3. The van der Waals surface area contributed by atoms with Crippen molar-refractivity contribution in [3.63, 3.8) is 0 Å². The number of carbonyl (C=O) groups is 1. The summed E-state index contributed by atoms with van der Waals surface area (Å²) in [4.78, 5) is 12.3. The number of amides is 1. The van der Waals surface area contributed by atoms with Crippen LogP contribution in [-0.2, 0) is 17.7 Å². The van der Waals surface area contributed by atoms with Gasteiger partial charge in [-0.2, -0.15) is 0 Å². The normalized spacial score (nSPS) is 13.4. The van der Waals surface area contributed by atoms with Crippen LogP contribution in [0.1, 0.15) is 31.9 Å². The Morgan fingerprint density at radius 1 is 1.07 bits per heavy atom. The molecule has 3 N–H and O–H groups in total. The van der Waals surface area contributed by atoms with Crippen LogP contribution in [0.15, 0.2) is 54.6 Å². The molecule has 2 unspecified atom stereocenters. The lowest BCUT2D eigenvalue weighted by Crippen LogP contribution is -2.49. The van der Waals surface area contributed by atoms with Crippen LogP contribution in [-0.4, -0.2) is 42.6 Å². The highest BCUT2D eigenvalue weighted by Crippen LogP contribution is 2.13. The van der Waals surface area contributed by atoms with Crippen LogP contribution in [0.4, 0.5) is 4.79 Å². The number of benzene rings is 2. The summed E-state index contributed by atoms with van der Waals surface area (Å²) in [6, 6.07) is 17.0. The van der Waals surface area contributed by atoms with Gasteiger partial charge in [0.25, 0.3) is 0 Å². The Bertz CT molecular complexity index is 759. The molecule has 0 aromatic heterocycles. The molecule has 2 atom stereocenters. The summed E-state index contributed by atoms with van der Waals surface area (Å²) in [6.07, 6.45) is -0.819. The molecule has 0 fully saturated rings. The maximum atomic E-state index is 12.3. The third-order valence-corrected chi connectivity index (χ3v) is 4.28. The number of carbonyl (C=O) groups excluding carboxylic acids is 1. The number of rotatable bonds is 9. The number of alkyl carbamates (subject to hydrolysis) is 1. The summed E-state index contributed by atoms with van der Waals surface area (Å²) in [5.74, 6) is 0.790. The first-order valence-corrected chi connectivity index (χ1v) is 9.82. The predicted molar refractivity (Wildman–Crippen MR) is 114 cm³/mol. The van der Waals surface area contributed by atoms with Gasteiger partial charge in [-0.3, -0.25) is 0 Å². The van der Waals surface area contributed by atoms with E-state index in [1.807, 2.05) is 75.4 Å². The molecule has 0 aliphatic rings. The van der Waals surface area contributed by atoms with Crippen molar-refractivity contribution in [2.75, 3.05) is 13.7 Å². The Hall–Kier alpha value is -2.57. The molecule has 0 saturated heterocycles. The fraction of sp³-hybridized carbons (Fsp3) is 0.435. The van der Waals surface area contributed by atoms with Crippen LogP contribution >= 0.6 is 0 Å². The van der Waals surface area contributed by atoms with Crippen molar-refractivity contribution in [2.45, 2.75) is 51.5 Å². The predicted octanol–water partition coefficient (Wildman–Crippen LogP) is 3.28. The first-order chi connectivity index (χ1) is 13.8. The molecule has 1 amide bonds. The van der Waals surface area contributed by atoms with E-state index in [-0.39, 0.29) is 0 Å². The largest absolute Gasteiger partial charge is 0.497 e. The van der Waals surface area contributed by atoms with E-state index in [1.54, 1.807) is 7.11 Å². The summed E-state index contributed by atoms with van der Waals surface area (Å²) in [6.45, 7) is 6.34. The van der Waals surface area contributed by atoms with Crippen molar-refractivity contribution in [1.29, 1.82) is 0 Å². The standard InChI is InChI=1S/C23H32N2O4/c1-23(2,3)29-22(27)25-20(14-17-9-6-5-7-10-17)21(26)16-24-15-18-11-8-12-19(13-18)28-4/h5-13,20-21,24,26H,14-16H2,1-4H3,(H,25,27). The number of aliphatic hydroxyl groups is 1. The topological polar surface area (TPSA) is 79.8 Å². The first kappa shape index (κ1) is 22.7. The highest BCUT2D eigenvalue weighted by atomic mass is 16.6. The second-order valence-electron chi connectivity index (χ2n) is 7.99. The van der Waals surface area contributed by atoms with Crippen molar-refractivity contribution in [1.82, 2.24) is 10.6 Å². The van der Waals surface area contributed by atoms with E-state index in [0.29, 0.717) is 19.5 Å². The highest BCUT2D eigenvalue weighted by Gasteiger charge is 2.24. The molecule has 0 radical (unpaired) electrons. The number of ether oxygens (including phenoxy) is 2. The Kier molecular flexibility index (Phi) is 8.49. The lowest BCUT2D eigenvalue weighted by Gasteiger charge is -2.27. The summed E-state index contributed by atoms with van der Waals surface area (Å²) >= 11 is 0. The van der Waals surface area contributed by atoms with Gasteiger partial charge < -0.3 is 25.2 Å². The van der Waals surface area contributed by atoms with Crippen molar-refractivity contribution < 1.29 is 19.4 Å². The molecule has 0 heterocycles. The highest BCUT2D eigenvalue weighted by molar-refractivity contribution is 5.68. The van der Waals surface area contributed by atoms with Crippen LogP contribution in [0.2, 0.25) is 0 Å². The molecule has 2 aromatic carbocycles. The van der Waals surface area contributed by atoms with Gasteiger partial charge in [-0.1, -0.05) is 42.5 Å². The molecule has 0 bridgehead atoms. The zero-order valence-electron chi connectivity index (χ0n) is 17.6. The minimum Gasteiger partial charge on any atom is -0.497 e. The zero-order chi connectivity index (χ0) is 21.3. The van der Waals surface area contributed by atoms with Gasteiger partial charge in [-0.05, 0) is 50.5 Å². The van der Waals surface area contributed by atoms with Crippen molar-refractivity contribution in [3.05, 3.63) is 65.7 Å². The first-order valence-electron chi connectivity index (χ1n) is 9.82. The molecule has 2 aromatic rings. The van der Waals surface area contributed by atoms with Crippen LogP contribution in [0, 0.1) is 0 Å². The molecular weight excluding hydrogens is 368 g/mol. The van der Waals surface area contributed by atoms with Crippen molar-refractivity contribution >= 4 is 6.09 Å². The molecule has 2 rings (SSSR count). The number of nitrogens with one attached hydrogen (secondary N) is 2. The van der Waals surface area contributed by atoms with Gasteiger partial charge in [0.15, 0.2) is 0 Å². The van der Waals surface area contributed by atoms with E-state index >= 15 is 0 Å². The van der Waals surface area contributed by atoms with Gasteiger partial charge in [-0.25, -0.2) is 4.79 Å². The lowest BCUT2D eigenvalue weighted by molar-refractivity contribution is 0.0422. The Morgan fingerprint density at radius 3 is 2.41 bits per heavy atom. The molecule has 0 spiro atoms. The van der Waals surface area contributed by atoms with Crippen LogP contribution < -0.4 is 15.4 Å². The summed E-state index contributed by atoms with van der Waals surface area (Å²) in [5.41, 5.74) is 1.48. The second-order valence-corrected chi connectivity index (χ2v) is 7.99. The quantitative estimate of drug-likeness (QED) is 0.602. The number of methoxy groups -OCH3 is 1. The second kappa shape index (κ2) is 10.8. The minimum absolute atomic E-state index is 0.324. The average molecular weight is 401 g/mol. The Morgan fingerprint density at radius 2 is 1.76 bits per heavy atom. The minimum atomic E-state index is -0.784. The monoisotopic (exact) mass is 400 g/mol. The molecule has 0 saturated carbocycles. The summed E-state index contributed by atoms with van der Waals surface area (Å²) in [5, 5.41) is 16.8. The summed E-state index contributed by atoms with van der Waals surface area (Å²) < 4.78 is 10.6. The molecule has 158 valence electrons. The van der Waals surface area contributed by atoms with E-state index in [1.165, 1.54) is 0 Å². The lowest BCUT2D eigenvalue weighted by atomic mass is 10.0. The van der Waals surface area contributed by atoms with Crippen LogP contribution in [0.5, 0.6) is 5.75 Å². The number of hydrogen-bond donors (Lipinski definition) is 3. The third-order valence-electron chi connectivity index (χ3n) is 4.28. The van der Waals surface area contributed by atoms with Gasteiger partial charge in [-0.15, -0.1) is 0 Å². The molecule has 6 heteroatoms. The van der Waals surface area contributed by atoms with Gasteiger partial charge >= 0.3 is 6.09 Å². The third kappa shape index (κ3) is 8.54. The fourth-order valence-corrected chi connectivity index (χ4v) is 2.90. The molecule has 0 aliphatic carbocycles. The van der Waals surface area contributed by atoms with E-state index in [4.69, 9.17) is 9.47 Å². The maximum Gasteiger partial charge on any atom is 0.407 e. The van der Waals surface area contributed by atoms with Crippen molar-refractivity contribution in [3.8, 4) is 5.75 Å². The number of hydrogen-bond acceptors (Lipinski definition) is 5. The zero-order valence-corrected chi connectivity index (χ0v) is 17.6. The van der Waals surface area contributed by atoms with E-state index in [9.17, 15) is 9.90 Å². The van der Waals surface area contributed by atoms with Crippen LogP contribution in [0.3, 0.4) is 0 Å². The van der Waals surface area contributed by atoms with E-state index in [0.717, 1.165) is 16.9 Å². The average Bonchev–Trinajstić information content (AvgIpc) is 2.67. The number of aliphatic hydroxyl groups excluding tert-OH is 1. The SMILES string of the molecule is COc1cccc(CNCC(O)C(Cc2ccccc2)NC(=O)OC(C)(C)C)c1. The van der Waals surface area contributed by atoms with Gasteiger partial charge in [0.2, 0.25) is 0 Å². The van der Waals surface area contributed by atoms with Gasteiger partial charge in [0.1, 0.15) is 11.4 Å². The van der Waals surface area contributed by atoms with Crippen LogP contribution in [0.25, 0.3) is 0 Å². The molecule has 0 aliphatic heterocycles. The molecule has 29 heavy (non-hydrogen) atoms. The molecular formula is C23H32N2O4. The smallest absolute Gasteiger partial charge is 0.407 e. The van der Waals surface area contributed by atoms with E-state index in [2.05, 4.69) is 10.6 Å². The molecule has 6 nitrogen and oxygen atoms in total. The van der Waals surface area contributed by atoms with E-state index < -0.39 is 23.8 Å². The van der Waals surface area contributed by atoms with Crippen molar-refractivity contribution in [2.24, 2.45) is 0 Å². The fourth-order valence-electron chi connectivity index (χ4n) is 2.90. The Labute approximate surface area is 173 Å². The summed E-state index contributed by atoms with van der Waals surface area (Å²) in [7, 11) is 1.63. The Balaban J connectivity index is 1.97. The van der Waals surface area contributed by atoms with Gasteiger partial charge in [0.05, 0.1) is 19.3 Å². The van der Waals surface area contributed by atoms with Gasteiger partial charge in [0, 0.05) is 13.1 Å².